The van der Waals surface area contributed by atoms with Crippen LogP contribution >= 0.6 is 0 Å². The van der Waals surface area contributed by atoms with Crippen molar-refractivity contribution in [3.05, 3.63) is 29.6 Å². The fraction of sp³-hybridized carbons (Fsp3) is 0.696. The second-order valence-corrected chi connectivity index (χ2v) is 8.00. The van der Waals surface area contributed by atoms with Crippen molar-refractivity contribution in [2.24, 2.45) is 5.92 Å². The maximum absolute atomic E-state index is 12.2. The molecule has 28 heavy (non-hydrogen) atoms. The van der Waals surface area contributed by atoms with Gasteiger partial charge in [-0.25, -0.2) is 4.79 Å². The van der Waals surface area contributed by atoms with Gasteiger partial charge in [-0.2, -0.15) is 0 Å². The van der Waals surface area contributed by atoms with E-state index in [1.54, 1.807) is 26.1 Å². The minimum atomic E-state index is -1.02. The summed E-state index contributed by atoms with van der Waals surface area (Å²) < 4.78 is 0. The lowest BCUT2D eigenvalue weighted by Gasteiger charge is -2.17. The molecule has 1 aromatic heterocycles. The summed E-state index contributed by atoms with van der Waals surface area (Å²) in [6.45, 7) is 5.79. The summed E-state index contributed by atoms with van der Waals surface area (Å²) in [7, 11) is 0. The molecule has 0 aliphatic rings. The van der Waals surface area contributed by atoms with E-state index in [9.17, 15) is 14.7 Å². The van der Waals surface area contributed by atoms with Gasteiger partial charge in [-0.3, -0.25) is 9.78 Å². The lowest BCUT2D eigenvalue weighted by atomic mass is 10.0. The van der Waals surface area contributed by atoms with Gasteiger partial charge in [-0.05, 0) is 30.9 Å². The molecule has 0 aromatic carbocycles. The van der Waals surface area contributed by atoms with Gasteiger partial charge in [-0.15, -0.1) is 0 Å². The number of pyridine rings is 1. The number of aromatic nitrogens is 1. The molecule has 1 atom stereocenters. The fourth-order valence-electron chi connectivity index (χ4n) is 3.24. The zero-order chi connectivity index (χ0) is 20.8. The lowest BCUT2D eigenvalue weighted by molar-refractivity contribution is -0.140. The number of unbranched alkanes of at least 4 members (excludes halogenated alkanes) is 9. The number of nitrogens with one attached hydrogen (secondary N) is 1. The highest BCUT2D eigenvalue weighted by molar-refractivity contribution is 5.96. The van der Waals surface area contributed by atoms with E-state index in [0.717, 1.165) is 18.5 Å². The second-order valence-electron chi connectivity index (χ2n) is 8.00. The van der Waals surface area contributed by atoms with Crippen LogP contribution in [0.1, 0.15) is 101 Å². The van der Waals surface area contributed by atoms with Crippen LogP contribution in [-0.4, -0.2) is 28.0 Å². The number of hydrogen-bond donors (Lipinski definition) is 2. The van der Waals surface area contributed by atoms with Gasteiger partial charge in [-0.1, -0.05) is 78.6 Å². The van der Waals surface area contributed by atoms with Gasteiger partial charge in [0.05, 0.1) is 5.56 Å². The van der Waals surface area contributed by atoms with Crippen molar-refractivity contribution in [3.63, 3.8) is 0 Å². The molecule has 158 valence electrons. The van der Waals surface area contributed by atoms with Gasteiger partial charge in [0.15, 0.2) is 0 Å². The number of carbonyl (C=O) groups is 2. The highest BCUT2D eigenvalue weighted by Crippen LogP contribution is 2.12. The van der Waals surface area contributed by atoms with Crippen LogP contribution in [0, 0.1) is 5.92 Å². The van der Waals surface area contributed by atoms with E-state index >= 15 is 0 Å². The summed E-state index contributed by atoms with van der Waals surface area (Å²) in [5.74, 6) is -1.59. The van der Waals surface area contributed by atoms with E-state index in [-0.39, 0.29) is 11.8 Å². The molecular weight excluding hydrogens is 352 g/mol. The predicted octanol–water partition coefficient (Wildman–Crippen LogP) is 5.38. The smallest absolute Gasteiger partial charge is 0.326 e. The molecule has 5 nitrogen and oxygen atoms in total. The van der Waals surface area contributed by atoms with E-state index in [4.69, 9.17) is 0 Å². The second kappa shape index (κ2) is 14.1. The summed E-state index contributed by atoms with van der Waals surface area (Å²) in [6.07, 6.45) is 15.5. The topological polar surface area (TPSA) is 79.3 Å². The predicted molar refractivity (Wildman–Crippen MR) is 114 cm³/mol. The van der Waals surface area contributed by atoms with E-state index in [0.29, 0.717) is 5.56 Å². The zero-order valence-electron chi connectivity index (χ0n) is 17.9. The zero-order valence-corrected chi connectivity index (χ0v) is 17.9. The van der Waals surface area contributed by atoms with Crippen molar-refractivity contribution >= 4 is 11.9 Å². The van der Waals surface area contributed by atoms with Gasteiger partial charge in [0.25, 0.3) is 5.91 Å². The quantitative estimate of drug-likeness (QED) is 0.394. The molecule has 0 aliphatic heterocycles. The third-order valence-electron chi connectivity index (χ3n) is 5.09. The Morgan fingerprint density at radius 3 is 2.00 bits per heavy atom. The van der Waals surface area contributed by atoms with Crippen molar-refractivity contribution in [3.8, 4) is 0 Å². The summed E-state index contributed by atoms with van der Waals surface area (Å²) in [5, 5.41) is 11.7. The molecule has 0 saturated carbocycles. The number of hydrogen-bond acceptors (Lipinski definition) is 3. The van der Waals surface area contributed by atoms with E-state index in [1.165, 1.54) is 57.8 Å². The van der Waals surface area contributed by atoms with Crippen LogP contribution in [0.3, 0.4) is 0 Å². The highest BCUT2D eigenvalue weighted by Gasteiger charge is 2.23. The van der Waals surface area contributed by atoms with Crippen LogP contribution in [0.15, 0.2) is 18.3 Å². The molecule has 1 amide bonds. The Labute approximate surface area is 170 Å². The first-order valence-electron chi connectivity index (χ1n) is 10.9. The maximum atomic E-state index is 12.2. The number of aliphatic carboxylic acids is 1. The normalized spacial score (nSPS) is 12.1. The molecular formula is C23H38N2O3. The van der Waals surface area contributed by atoms with E-state index in [2.05, 4.69) is 17.2 Å². The van der Waals surface area contributed by atoms with Crippen LogP contribution in [0.25, 0.3) is 0 Å². The summed E-state index contributed by atoms with van der Waals surface area (Å²) in [4.78, 5) is 27.8. The van der Waals surface area contributed by atoms with Gasteiger partial charge in [0.1, 0.15) is 6.04 Å². The Morgan fingerprint density at radius 1 is 0.964 bits per heavy atom. The Balaban J connectivity index is 2.24. The highest BCUT2D eigenvalue weighted by atomic mass is 16.4. The van der Waals surface area contributed by atoms with Crippen molar-refractivity contribution in [1.29, 1.82) is 0 Å². The van der Waals surface area contributed by atoms with Gasteiger partial charge in [0.2, 0.25) is 0 Å². The van der Waals surface area contributed by atoms with E-state index < -0.39 is 12.0 Å². The summed E-state index contributed by atoms with van der Waals surface area (Å²) in [6, 6.07) is 2.71. The van der Waals surface area contributed by atoms with Crippen LogP contribution in [0.4, 0.5) is 0 Å². The number of amides is 1. The molecule has 2 N–H and O–H groups in total. The van der Waals surface area contributed by atoms with Crippen LogP contribution in [0.5, 0.6) is 0 Å². The number of aryl methyl sites for hydroxylation is 1. The Bertz CT molecular complexity index is 570. The molecule has 1 heterocycles. The number of carboxylic acids is 1. The molecule has 0 radical (unpaired) electrons. The molecule has 1 aromatic rings. The van der Waals surface area contributed by atoms with Gasteiger partial charge < -0.3 is 10.4 Å². The molecule has 0 aliphatic carbocycles. The minimum Gasteiger partial charge on any atom is -0.480 e. The number of nitrogens with zero attached hydrogens (tertiary/aromatic N) is 1. The molecule has 1 rings (SSSR count). The molecule has 0 spiro atoms. The Hall–Kier alpha value is -1.91. The first-order chi connectivity index (χ1) is 13.5. The Kier molecular flexibility index (Phi) is 12.2. The average Bonchev–Trinajstić information content (AvgIpc) is 2.67. The lowest BCUT2D eigenvalue weighted by Crippen LogP contribution is -2.44. The van der Waals surface area contributed by atoms with Crippen molar-refractivity contribution < 1.29 is 14.7 Å². The number of rotatable bonds is 15. The average molecular weight is 391 g/mol. The standard InChI is InChI=1S/C23H38N2O3/c1-4-5-6-7-8-9-10-11-12-13-14-20-16-15-19(17-24-20)22(26)25-21(18(2)3)23(27)28/h15-18,21H,4-14H2,1-3H3,(H,25,26)(H,27,28)/t21-/m0/s1. The molecule has 0 bridgehead atoms. The molecule has 0 saturated heterocycles. The van der Waals surface area contributed by atoms with Crippen LogP contribution in [-0.2, 0) is 11.2 Å². The fourth-order valence-corrected chi connectivity index (χ4v) is 3.24. The summed E-state index contributed by atoms with van der Waals surface area (Å²) >= 11 is 0. The van der Waals surface area contributed by atoms with Crippen LogP contribution in [0.2, 0.25) is 0 Å². The van der Waals surface area contributed by atoms with Crippen molar-refractivity contribution in [1.82, 2.24) is 10.3 Å². The Morgan fingerprint density at radius 2 is 1.54 bits per heavy atom. The van der Waals surface area contributed by atoms with Crippen LogP contribution < -0.4 is 5.32 Å². The molecule has 5 heteroatoms. The largest absolute Gasteiger partial charge is 0.480 e. The third kappa shape index (κ3) is 9.86. The van der Waals surface area contributed by atoms with Crippen molar-refractivity contribution in [2.45, 2.75) is 97.4 Å². The number of carbonyl (C=O) groups excluding carboxylic acids is 1. The molecule has 0 fully saturated rings. The van der Waals surface area contributed by atoms with Crippen molar-refractivity contribution in [2.75, 3.05) is 0 Å². The minimum absolute atomic E-state index is 0.176. The number of carboxylic acid groups (broad SMARTS) is 1. The first kappa shape index (κ1) is 24.1. The third-order valence-corrected chi connectivity index (χ3v) is 5.09. The SMILES string of the molecule is CCCCCCCCCCCCc1ccc(C(=O)N[C@H](C(=O)O)C(C)C)cn1. The maximum Gasteiger partial charge on any atom is 0.326 e. The van der Waals surface area contributed by atoms with E-state index in [1.807, 2.05) is 6.07 Å². The van der Waals surface area contributed by atoms with Gasteiger partial charge >= 0.3 is 5.97 Å². The summed E-state index contributed by atoms with van der Waals surface area (Å²) in [5.41, 5.74) is 1.38. The molecule has 0 unspecified atom stereocenters. The first-order valence-corrected chi connectivity index (χ1v) is 10.9. The van der Waals surface area contributed by atoms with Gasteiger partial charge in [0, 0.05) is 11.9 Å². The monoisotopic (exact) mass is 390 g/mol.